The summed E-state index contributed by atoms with van der Waals surface area (Å²) in [5.74, 6) is -1.06. The number of nitrogens with two attached hydrogens (primary N) is 1. The molecule has 7 nitrogen and oxygen atoms in total. The van der Waals surface area contributed by atoms with Gasteiger partial charge in [-0.1, -0.05) is 32.5 Å². The quantitative estimate of drug-likeness (QED) is 0.865. The molecule has 132 valence electrons. The lowest BCUT2D eigenvalue weighted by molar-refractivity contribution is -0.141. The van der Waals surface area contributed by atoms with Crippen LogP contribution in [0.25, 0.3) is 0 Å². The van der Waals surface area contributed by atoms with Crippen LogP contribution in [0.5, 0.6) is 0 Å². The van der Waals surface area contributed by atoms with Crippen LogP contribution in [-0.2, 0) is 15.7 Å². The number of halogens is 3. The minimum atomic E-state index is -4.70. The van der Waals surface area contributed by atoms with Crippen molar-refractivity contribution in [2.24, 2.45) is 11.1 Å². The van der Waals surface area contributed by atoms with Crippen LogP contribution in [0.3, 0.4) is 0 Å². The number of aromatic nitrogens is 2. The van der Waals surface area contributed by atoms with Crippen LogP contribution < -0.4 is 10.6 Å². The molecule has 1 aliphatic heterocycles. The van der Waals surface area contributed by atoms with Crippen molar-refractivity contribution in [3.05, 3.63) is 18.0 Å². The predicted octanol–water partition coefficient (Wildman–Crippen LogP) is 2.37. The van der Waals surface area contributed by atoms with Gasteiger partial charge in [0.2, 0.25) is 17.4 Å². The van der Waals surface area contributed by atoms with Crippen molar-refractivity contribution in [1.82, 2.24) is 9.97 Å². The molecule has 1 aromatic rings. The van der Waals surface area contributed by atoms with E-state index in [1.165, 1.54) is 0 Å². The van der Waals surface area contributed by atoms with E-state index in [1.54, 1.807) is 20.8 Å². The molecule has 0 bridgehead atoms. The number of carbonyl (C=O) groups excluding carboxylic acids is 2. The molecule has 2 rings (SSSR count). The molecule has 0 spiro atoms. The number of carbonyl (C=O) groups is 2. The van der Waals surface area contributed by atoms with E-state index in [1.807, 2.05) is 0 Å². The standard InChI is InChI=1S/C13H15F3N4O3S/c1-12(2,3)7-8(21)20(11(24-7)23-9(17)22)10-18-5-4-6(19-10)13(14,15)16/h4-5,7,11H,1-3H3,(H2,17,22). The lowest BCUT2D eigenvalue weighted by atomic mass is 9.91. The zero-order chi connectivity index (χ0) is 18.3. The minimum absolute atomic E-state index is 0.500. The van der Waals surface area contributed by atoms with Crippen LogP contribution in [0, 0.1) is 5.41 Å². The van der Waals surface area contributed by atoms with Gasteiger partial charge in [-0.2, -0.15) is 13.2 Å². The number of primary amides is 1. The van der Waals surface area contributed by atoms with Gasteiger partial charge in [0.1, 0.15) is 5.69 Å². The van der Waals surface area contributed by atoms with E-state index >= 15 is 0 Å². The highest BCUT2D eigenvalue weighted by Crippen LogP contribution is 2.43. The van der Waals surface area contributed by atoms with E-state index in [4.69, 9.17) is 10.5 Å². The highest BCUT2D eigenvalue weighted by Gasteiger charge is 2.49. The Bertz CT molecular complexity index is 663. The molecular formula is C13H15F3N4O3S. The molecule has 11 heteroatoms. The minimum Gasteiger partial charge on any atom is -0.415 e. The summed E-state index contributed by atoms with van der Waals surface area (Å²) in [5.41, 5.74) is 2.01. The average Bonchev–Trinajstić information content (AvgIpc) is 2.74. The Labute approximate surface area is 139 Å². The first-order chi connectivity index (χ1) is 10.9. The molecular weight excluding hydrogens is 349 g/mol. The number of anilines is 1. The third kappa shape index (κ3) is 3.71. The molecule has 24 heavy (non-hydrogen) atoms. The number of rotatable bonds is 2. The second-order valence-corrected chi connectivity index (χ2v) is 7.22. The molecule has 2 heterocycles. The van der Waals surface area contributed by atoms with Crippen LogP contribution in [0.15, 0.2) is 12.3 Å². The SMILES string of the molecule is CC(C)(C)C1SC(OC(N)=O)N(c2nccc(C(F)(F)F)n2)C1=O. The molecule has 0 radical (unpaired) electrons. The van der Waals surface area contributed by atoms with Crippen molar-refractivity contribution in [3.63, 3.8) is 0 Å². The lowest BCUT2D eigenvalue weighted by Gasteiger charge is -2.23. The van der Waals surface area contributed by atoms with E-state index in [0.29, 0.717) is 6.07 Å². The van der Waals surface area contributed by atoms with Crippen molar-refractivity contribution in [2.75, 3.05) is 4.90 Å². The number of hydrogen-bond acceptors (Lipinski definition) is 6. The fourth-order valence-electron chi connectivity index (χ4n) is 2.04. The highest BCUT2D eigenvalue weighted by atomic mass is 32.2. The van der Waals surface area contributed by atoms with E-state index < -0.39 is 46.0 Å². The van der Waals surface area contributed by atoms with Crippen molar-refractivity contribution in [1.29, 1.82) is 0 Å². The first-order valence-electron chi connectivity index (χ1n) is 6.76. The zero-order valence-electron chi connectivity index (χ0n) is 13.0. The Morgan fingerprint density at radius 1 is 1.38 bits per heavy atom. The largest absolute Gasteiger partial charge is 0.433 e. The van der Waals surface area contributed by atoms with Crippen LogP contribution in [0.1, 0.15) is 26.5 Å². The van der Waals surface area contributed by atoms with Crippen LogP contribution in [0.2, 0.25) is 0 Å². The summed E-state index contributed by atoms with van der Waals surface area (Å²) < 4.78 is 43.3. The topological polar surface area (TPSA) is 98.4 Å². The molecule has 1 saturated heterocycles. The second kappa shape index (κ2) is 6.11. The maximum atomic E-state index is 12.8. The average molecular weight is 364 g/mol. The number of hydrogen-bond donors (Lipinski definition) is 1. The molecule has 1 aromatic heterocycles. The number of nitrogens with zero attached hydrogens (tertiary/aromatic N) is 3. The predicted molar refractivity (Wildman–Crippen MR) is 79.8 cm³/mol. The van der Waals surface area contributed by atoms with Gasteiger partial charge in [0, 0.05) is 6.20 Å². The van der Waals surface area contributed by atoms with Crippen molar-refractivity contribution in [2.45, 2.75) is 37.8 Å². The van der Waals surface area contributed by atoms with Crippen molar-refractivity contribution < 1.29 is 27.5 Å². The molecule has 1 aliphatic rings. The van der Waals surface area contributed by atoms with Gasteiger partial charge >= 0.3 is 12.3 Å². The zero-order valence-corrected chi connectivity index (χ0v) is 13.8. The number of thioether (sulfide) groups is 1. The van der Waals surface area contributed by atoms with Crippen LogP contribution in [-0.4, -0.2) is 32.8 Å². The van der Waals surface area contributed by atoms with Gasteiger partial charge in [-0.05, 0) is 11.5 Å². The summed E-state index contributed by atoms with van der Waals surface area (Å²) in [6, 6.07) is 0.683. The third-order valence-electron chi connectivity index (χ3n) is 3.08. The van der Waals surface area contributed by atoms with Crippen LogP contribution >= 0.6 is 11.8 Å². The Morgan fingerprint density at radius 3 is 2.50 bits per heavy atom. The maximum absolute atomic E-state index is 12.8. The molecule has 0 aliphatic carbocycles. The Morgan fingerprint density at radius 2 is 2.00 bits per heavy atom. The van der Waals surface area contributed by atoms with Gasteiger partial charge in [-0.15, -0.1) is 0 Å². The fraction of sp³-hybridized carbons (Fsp3) is 0.538. The fourth-order valence-corrected chi connectivity index (χ4v) is 3.38. The molecule has 0 saturated carbocycles. The number of amides is 2. The molecule has 2 atom stereocenters. The summed E-state index contributed by atoms with van der Waals surface area (Å²) in [6.45, 7) is 5.33. The third-order valence-corrected chi connectivity index (χ3v) is 4.80. The molecule has 1 fully saturated rings. The maximum Gasteiger partial charge on any atom is 0.433 e. The summed E-state index contributed by atoms with van der Waals surface area (Å²) in [6.07, 6.45) is -4.97. The second-order valence-electron chi connectivity index (χ2n) is 6.07. The molecule has 0 aromatic carbocycles. The first kappa shape index (κ1) is 18.3. The van der Waals surface area contributed by atoms with Gasteiger partial charge < -0.3 is 10.5 Å². The van der Waals surface area contributed by atoms with E-state index in [-0.39, 0.29) is 0 Å². The first-order valence-corrected chi connectivity index (χ1v) is 7.70. The summed E-state index contributed by atoms with van der Waals surface area (Å²) in [4.78, 5) is 31.6. The molecule has 2 unspecified atom stereocenters. The van der Waals surface area contributed by atoms with Gasteiger partial charge in [-0.25, -0.2) is 19.7 Å². The van der Waals surface area contributed by atoms with Gasteiger partial charge in [0.15, 0.2) is 0 Å². The van der Waals surface area contributed by atoms with Crippen molar-refractivity contribution in [3.8, 4) is 0 Å². The van der Waals surface area contributed by atoms with Crippen molar-refractivity contribution >= 4 is 29.7 Å². The normalized spacial score (nSPS) is 21.9. The van der Waals surface area contributed by atoms with Gasteiger partial charge in [-0.3, -0.25) is 4.79 Å². The van der Waals surface area contributed by atoms with Crippen LogP contribution in [0.4, 0.5) is 23.9 Å². The van der Waals surface area contributed by atoms with Gasteiger partial charge in [0.05, 0.1) is 5.25 Å². The van der Waals surface area contributed by atoms with E-state index in [0.717, 1.165) is 22.9 Å². The molecule has 2 N–H and O–H groups in total. The summed E-state index contributed by atoms with van der Waals surface area (Å²) in [5, 5.41) is -0.667. The summed E-state index contributed by atoms with van der Waals surface area (Å²) in [7, 11) is 0. The van der Waals surface area contributed by atoms with Gasteiger partial charge in [0.25, 0.3) is 0 Å². The molecule has 2 amide bonds. The number of alkyl halides is 3. The Hall–Kier alpha value is -2.04. The van der Waals surface area contributed by atoms with E-state index in [9.17, 15) is 22.8 Å². The lowest BCUT2D eigenvalue weighted by Crippen LogP contribution is -2.41. The highest BCUT2D eigenvalue weighted by molar-refractivity contribution is 8.01. The van der Waals surface area contributed by atoms with E-state index in [2.05, 4.69) is 9.97 Å². The summed E-state index contributed by atoms with van der Waals surface area (Å²) >= 11 is 0.962. The smallest absolute Gasteiger partial charge is 0.415 e. The number of ether oxygens (including phenoxy) is 1. The Kier molecular flexibility index (Phi) is 4.66. The Balaban J connectivity index is 2.44. The monoisotopic (exact) mass is 364 g/mol.